The Bertz CT molecular complexity index is 196. The van der Waals surface area contributed by atoms with Crippen molar-refractivity contribution in [2.45, 2.75) is 38.7 Å². The highest BCUT2D eigenvalue weighted by atomic mass is 16.3. The Kier molecular flexibility index (Phi) is 2.98. The number of rotatable bonds is 2. The van der Waals surface area contributed by atoms with Crippen molar-refractivity contribution in [3.8, 4) is 0 Å². The lowest BCUT2D eigenvalue weighted by Crippen LogP contribution is -2.27. The second-order valence-corrected chi connectivity index (χ2v) is 3.49. The molecule has 0 aliphatic heterocycles. The van der Waals surface area contributed by atoms with Gasteiger partial charge in [-0.15, -0.1) is 0 Å². The van der Waals surface area contributed by atoms with Crippen LogP contribution >= 0.6 is 0 Å². The summed E-state index contributed by atoms with van der Waals surface area (Å²) in [6, 6.07) is 0. The van der Waals surface area contributed by atoms with Gasteiger partial charge >= 0.3 is 0 Å². The predicted molar refractivity (Wildman–Crippen MR) is 43.7 cm³/mol. The van der Waals surface area contributed by atoms with Gasteiger partial charge in [0.25, 0.3) is 0 Å². The maximum Gasteiger partial charge on any atom is 0.136 e. The lowest BCUT2D eigenvalue weighted by atomic mass is 9.84. The fourth-order valence-corrected chi connectivity index (χ4v) is 1.58. The maximum absolute atomic E-state index is 11.2. The molecule has 0 bridgehead atoms. The summed E-state index contributed by atoms with van der Waals surface area (Å²) in [6.45, 7) is 1.65. The molecule has 1 N–H and O–H groups in total. The minimum absolute atomic E-state index is 0.135. The van der Waals surface area contributed by atoms with Crippen LogP contribution in [0.4, 0.5) is 0 Å². The molecule has 1 aliphatic rings. The Morgan fingerprint density at radius 1 is 1.50 bits per heavy atom. The molecule has 0 heterocycles. The van der Waals surface area contributed by atoms with Crippen molar-refractivity contribution in [2.75, 3.05) is 0 Å². The van der Waals surface area contributed by atoms with Gasteiger partial charge in [0.2, 0.25) is 0 Å². The Morgan fingerprint density at radius 2 is 2.17 bits per heavy atom. The summed E-state index contributed by atoms with van der Waals surface area (Å²) >= 11 is 0. The molecule has 3 nitrogen and oxygen atoms in total. The number of carbonyl (C=O) groups is 2. The lowest BCUT2D eigenvalue weighted by Gasteiger charge is -2.20. The monoisotopic (exact) mass is 170 g/mol. The third-order valence-corrected chi connectivity index (χ3v) is 2.21. The van der Waals surface area contributed by atoms with Crippen molar-refractivity contribution in [1.82, 2.24) is 0 Å². The van der Waals surface area contributed by atoms with E-state index in [4.69, 9.17) is 5.11 Å². The number of aliphatic hydroxyl groups excluding tert-OH is 1. The van der Waals surface area contributed by atoms with Crippen LogP contribution in [0.2, 0.25) is 0 Å². The van der Waals surface area contributed by atoms with Gasteiger partial charge in [0.15, 0.2) is 0 Å². The standard InChI is InChI=1S/C9H14O3/c1-6(10)4-7-5-8(11)2-3-9(7)12/h6-7,10H,2-5H2,1H3/t6-,7+/m0/s1. The van der Waals surface area contributed by atoms with Crippen molar-refractivity contribution in [3.05, 3.63) is 0 Å². The average molecular weight is 170 g/mol. The van der Waals surface area contributed by atoms with E-state index in [0.717, 1.165) is 0 Å². The summed E-state index contributed by atoms with van der Waals surface area (Å²) in [7, 11) is 0. The Balaban J connectivity index is 2.49. The van der Waals surface area contributed by atoms with Gasteiger partial charge < -0.3 is 5.11 Å². The van der Waals surface area contributed by atoms with Gasteiger partial charge in [-0.3, -0.25) is 9.59 Å². The smallest absolute Gasteiger partial charge is 0.136 e. The second kappa shape index (κ2) is 3.81. The van der Waals surface area contributed by atoms with E-state index in [9.17, 15) is 9.59 Å². The first-order valence-corrected chi connectivity index (χ1v) is 4.32. The normalized spacial score (nSPS) is 27.3. The first kappa shape index (κ1) is 9.39. The highest BCUT2D eigenvalue weighted by Gasteiger charge is 2.27. The van der Waals surface area contributed by atoms with E-state index >= 15 is 0 Å². The van der Waals surface area contributed by atoms with Crippen LogP contribution < -0.4 is 0 Å². The Labute approximate surface area is 71.8 Å². The quantitative estimate of drug-likeness (QED) is 0.663. The van der Waals surface area contributed by atoms with Gasteiger partial charge in [0.05, 0.1) is 6.10 Å². The number of Topliss-reactive ketones (excluding diaryl/α,β-unsaturated/α-hetero) is 2. The van der Waals surface area contributed by atoms with Crippen molar-refractivity contribution < 1.29 is 14.7 Å². The summed E-state index contributed by atoms with van der Waals surface area (Å²) in [4.78, 5) is 22.2. The molecule has 0 spiro atoms. The number of hydrogen-bond donors (Lipinski definition) is 1. The van der Waals surface area contributed by atoms with Crippen LogP contribution in [-0.4, -0.2) is 22.8 Å². The van der Waals surface area contributed by atoms with Crippen LogP contribution in [0.25, 0.3) is 0 Å². The summed E-state index contributed by atoms with van der Waals surface area (Å²) in [5, 5.41) is 9.05. The zero-order valence-corrected chi connectivity index (χ0v) is 7.25. The van der Waals surface area contributed by atoms with Gasteiger partial charge in [-0.1, -0.05) is 0 Å². The molecule has 0 aromatic carbocycles. The first-order valence-electron chi connectivity index (χ1n) is 4.32. The zero-order chi connectivity index (χ0) is 9.14. The molecule has 0 aromatic heterocycles. The molecule has 0 radical (unpaired) electrons. The topological polar surface area (TPSA) is 54.4 Å². The molecular weight excluding hydrogens is 156 g/mol. The zero-order valence-electron chi connectivity index (χ0n) is 7.25. The van der Waals surface area contributed by atoms with Crippen molar-refractivity contribution in [1.29, 1.82) is 0 Å². The van der Waals surface area contributed by atoms with E-state index in [-0.39, 0.29) is 17.5 Å². The largest absolute Gasteiger partial charge is 0.393 e. The maximum atomic E-state index is 11.2. The SMILES string of the molecule is C[C@H](O)C[C@@H]1CC(=O)CCC1=O. The van der Waals surface area contributed by atoms with Crippen LogP contribution in [-0.2, 0) is 9.59 Å². The first-order chi connectivity index (χ1) is 5.59. The van der Waals surface area contributed by atoms with E-state index in [2.05, 4.69) is 0 Å². The predicted octanol–water partition coefficient (Wildman–Crippen LogP) is 0.696. The highest BCUT2D eigenvalue weighted by Crippen LogP contribution is 2.22. The van der Waals surface area contributed by atoms with E-state index in [1.165, 1.54) is 0 Å². The van der Waals surface area contributed by atoms with Crippen LogP contribution in [0, 0.1) is 5.92 Å². The van der Waals surface area contributed by atoms with Crippen LogP contribution in [0.5, 0.6) is 0 Å². The molecule has 2 atom stereocenters. The Hall–Kier alpha value is -0.700. The van der Waals surface area contributed by atoms with Gasteiger partial charge in [0.1, 0.15) is 11.6 Å². The van der Waals surface area contributed by atoms with Gasteiger partial charge in [0, 0.05) is 25.2 Å². The number of hydrogen-bond acceptors (Lipinski definition) is 3. The minimum atomic E-state index is -0.482. The molecular formula is C9H14O3. The minimum Gasteiger partial charge on any atom is -0.393 e. The van der Waals surface area contributed by atoms with Gasteiger partial charge in [-0.25, -0.2) is 0 Å². The van der Waals surface area contributed by atoms with Crippen LogP contribution in [0.15, 0.2) is 0 Å². The molecule has 0 saturated heterocycles. The highest BCUT2D eigenvalue weighted by molar-refractivity contribution is 5.94. The third-order valence-electron chi connectivity index (χ3n) is 2.21. The lowest BCUT2D eigenvalue weighted by molar-refractivity contribution is -0.133. The summed E-state index contributed by atoms with van der Waals surface area (Å²) < 4.78 is 0. The number of aliphatic hydroxyl groups is 1. The number of ketones is 2. The molecule has 1 rings (SSSR count). The van der Waals surface area contributed by atoms with E-state index in [1.54, 1.807) is 6.92 Å². The van der Waals surface area contributed by atoms with Crippen molar-refractivity contribution in [3.63, 3.8) is 0 Å². The molecule has 1 aliphatic carbocycles. The van der Waals surface area contributed by atoms with Crippen molar-refractivity contribution >= 4 is 11.6 Å². The van der Waals surface area contributed by atoms with Gasteiger partial charge in [-0.05, 0) is 13.3 Å². The molecule has 3 heteroatoms. The molecule has 12 heavy (non-hydrogen) atoms. The third kappa shape index (κ3) is 2.41. The fourth-order valence-electron chi connectivity index (χ4n) is 1.58. The molecule has 68 valence electrons. The molecule has 0 amide bonds. The van der Waals surface area contributed by atoms with E-state index in [0.29, 0.717) is 25.7 Å². The number of carbonyl (C=O) groups excluding carboxylic acids is 2. The molecule has 0 unspecified atom stereocenters. The van der Waals surface area contributed by atoms with Crippen LogP contribution in [0.1, 0.15) is 32.6 Å². The summed E-state index contributed by atoms with van der Waals surface area (Å²) in [5.41, 5.74) is 0. The van der Waals surface area contributed by atoms with Crippen LogP contribution in [0.3, 0.4) is 0 Å². The Morgan fingerprint density at radius 3 is 2.75 bits per heavy atom. The molecule has 0 aromatic rings. The summed E-state index contributed by atoms with van der Waals surface area (Å²) in [6.07, 6.45) is 1.06. The molecule has 1 fully saturated rings. The van der Waals surface area contributed by atoms with E-state index in [1.807, 2.05) is 0 Å². The van der Waals surface area contributed by atoms with E-state index < -0.39 is 6.10 Å². The average Bonchev–Trinajstić information content (AvgIpc) is 1.96. The summed E-state index contributed by atoms with van der Waals surface area (Å²) in [5.74, 6) is 0.0713. The van der Waals surface area contributed by atoms with Gasteiger partial charge in [-0.2, -0.15) is 0 Å². The van der Waals surface area contributed by atoms with Crippen molar-refractivity contribution in [2.24, 2.45) is 5.92 Å². The molecule has 1 saturated carbocycles. The second-order valence-electron chi connectivity index (χ2n) is 3.49. The fraction of sp³-hybridized carbons (Fsp3) is 0.778.